The molecule has 6 nitrogen and oxygen atoms in total. The number of benzene rings is 2. The first-order valence-corrected chi connectivity index (χ1v) is 10.1. The summed E-state index contributed by atoms with van der Waals surface area (Å²) in [7, 11) is 0. The highest BCUT2D eigenvalue weighted by molar-refractivity contribution is 6.31. The molecule has 0 aromatic heterocycles. The fourth-order valence-corrected chi connectivity index (χ4v) is 4.01. The second-order valence-electron chi connectivity index (χ2n) is 7.29. The molecule has 2 aromatic carbocycles. The van der Waals surface area contributed by atoms with Crippen molar-refractivity contribution < 1.29 is 14.3 Å². The molecule has 2 aromatic rings. The van der Waals surface area contributed by atoms with Gasteiger partial charge in [-0.05, 0) is 54.8 Å². The monoisotopic (exact) mass is 411 g/mol. The normalized spacial score (nSPS) is 18.3. The van der Waals surface area contributed by atoms with Crippen LogP contribution in [-0.4, -0.2) is 37.1 Å². The average Bonchev–Trinajstić information content (AvgIpc) is 2.94. The zero-order chi connectivity index (χ0) is 20.4. The van der Waals surface area contributed by atoms with Gasteiger partial charge >= 0.3 is 0 Å². The third-order valence-electron chi connectivity index (χ3n) is 5.40. The van der Waals surface area contributed by atoms with Crippen molar-refractivity contribution in [3.8, 4) is 17.6 Å². The van der Waals surface area contributed by atoms with Crippen LogP contribution in [0.25, 0.3) is 0 Å². The summed E-state index contributed by atoms with van der Waals surface area (Å²) in [5, 5.41) is 12.5. The Morgan fingerprint density at radius 1 is 1.28 bits per heavy atom. The second-order valence-corrected chi connectivity index (χ2v) is 7.73. The van der Waals surface area contributed by atoms with Crippen LogP contribution in [-0.2, 0) is 11.2 Å². The fourth-order valence-electron chi connectivity index (χ4n) is 3.83. The zero-order valence-electron chi connectivity index (χ0n) is 16.2. The maximum absolute atomic E-state index is 12.6. The van der Waals surface area contributed by atoms with E-state index in [-0.39, 0.29) is 18.5 Å². The predicted octanol–water partition coefficient (Wildman–Crippen LogP) is 3.93. The lowest BCUT2D eigenvalue weighted by Crippen LogP contribution is -2.39. The quantitative estimate of drug-likeness (QED) is 0.828. The fraction of sp³-hybridized carbons (Fsp3) is 0.364. The van der Waals surface area contributed by atoms with E-state index in [1.807, 2.05) is 0 Å². The lowest BCUT2D eigenvalue weighted by molar-refractivity contribution is -0.117. The van der Waals surface area contributed by atoms with Gasteiger partial charge in [0.2, 0.25) is 5.91 Å². The summed E-state index contributed by atoms with van der Waals surface area (Å²) in [6.07, 6.45) is 1.71. The number of fused-ring (bicyclic) bond motifs is 2. The van der Waals surface area contributed by atoms with Gasteiger partial charge in [-0.15, -0.1) is 0 Å². The Labute approximate surface area is 175 Å². The molecule has 29 heavy (non-hydrogen) atoms. The van der Waals surface area contributed by atoms with E-state index < -0.39 is 0 Å². The Morgan fingerprint density at radius 3 is 2.79 bits per heavy atom. The van der Waals surface area contributed by atoms with Gasteiger partial charge < -0.3 is 14.8 Å². The summed E-state index contributed by atoms with van der Waals surface area (Å²) in [4.78, 5) is 14.8. The molecular weight excluding hydrogens is 390 g/mol. The number of nitrogens with zero attached hydrogens (tertiary/aromatic N) is 2. The van der Waals surface area contributed by atoms with Crippen molar-refractivity contribution >= 4 is 23.2 Å². The number of rotatable bonds is 3. The highest BCUT2D eigenvalue weighted by Gasteiger charge is 2.28. The maximum atomic E-state index is 12.6. The van der Waals surface area contributed by atoms with Gasteiger partial charge in [-0.3, -0.25) is 9.69 Å². The first-order valence-electron chi connectivity index (χ1n) is 9.71. The number of amides is 1. The Kier molecular flexibility index (Phi) is 5.61. The highest BCUT2D eigenvalue weighted by atomic mass is 35.5. The molecule has 2 aliphatic heterocycles. The van der Waals surface area contributed by atoms with E-state index in [1.165, 1.54) is 5.56 Å². The minimum absolute atomic E-state index is 0.0662. The molecule has 150 valence electrons. The largest absolute Gasteiger partial charge is 0.490 e. The van der Waals surface area contributed by atoms with Crippen LogP contribution in [0, 0.1) is 11.3 Å². The molecule has 0 unspecified atom stereocenters. The number of hydrogen-bond donors (Lipinski definition) is 1. The number of halogens is 1. The van der Waals surface area contributed by atoms with Crippen molar-refractivity contribution in [3.05, 3.63) is 52.0 Å². The molecular formula is C22H22ClN3O3. The van der Waals surface area contributed by atoms with Crippen LogP contribution in [0.2, 0.25) is 5.02 Å². The molecule has 0 saturated carbocycles. The van der Waals surface area contributed by atoms with Crippen molar-refractivity contribution in [3.63, 3.8) is 0 Å². The van der Waals surface area contributed by atoms with Crippen LogP contribution in [0.5, 0.6) is 11.5 Å². The molecule has 0 fully saturated rings. The van der Waals surface area contributed by atoms with Crippen molar-refractivity contribution in [2.45, 2.75) is 25.8 Å². The Hall–Kier alpha value is -2.75. The van der Waals surface area contributed by atoms with E-state index in [2.05, 4.69) is 35.3 Å². The van der Waals surface area contributed by atoms with Crippen LogP contribution >= 0.6 is 11.6 Å². The van der Waals surface area contributed by atoms with E-state index >= 15 is 0 Å². The maximum Gasteiger partial charge on any atom is 0.238 e. The zero-order valence-corrected chi connectivity index (χ0v) is 17.0. The second kappa shape index (κ2) is 8.32. The Morgan fingerprint density at radius 2 is 2.03 bits per heavy atom. The number of carbonyl (C=O) groups excluding carboxylic acids is 1. The van der Waals surface area contributed by atoms with Gasteiger partial charge in [0, 0.05) is 24.0 Å². The number of nitriles is 1. The highest BCUT2D eigenvalue weighted by Crippen LogP contribution is 2.39. The first kappa shape index (κ1) is 19.6. The van der Waals surface area contributed by atoms with Crippen LogP contribution in [0.4, 0.5) is 5.69 Å². The number of carbonyl (C=O) groups is 1. The van der Waals surface area contributed by atoms with Gasteiger partial charge in [-0.25, -0.2) is 0 Å². The van der Waals surface area contributed by atoms with Crippen LogP contribution in [0.15, 0.2) is 30.3 Å². The van der Waals surface area contributed by atoms with Crippen molar-refractivity contribution in [1.82, 2.24) is 4.90 Å². The smallest absolute Gasteiger partial charge is 0.238 e. The molecule has 0 aliphatic carbocycles. The Balaban J connectivity index is 1.49. The van der Waals surface area contributed by atoms with Crippen LogP contribution < -0.4 is 14.8 Å². The minimum Gasteiger partial charge on any atom is -0.490 e. The summed E-state index contributed by atoms with van der Waals surface area (Å²) < 4.78 is 11.6. The molecule has 7 heteroatoms. The molecule has 0 spiro atoms. The Bertz CT molecular complexity index is 986. The van der Waals surface area contributed by atoms with Gasteiger partial charge in [-0.1, -0.05) is 11.6 Å². The molecule has 1 N–H and O–H groups in total. The molecule has 1 amide bonds. The number of ether oxygens (including phenoxy) is 2. The van der Waals surface area contributed by atoms with E-state index in [9.17, 15) is 10.1 Å². The van der Waals surface area contributed by atoms with Crippen molar-refractivity contribution in [2.75, 3.05) is 31.6 Å². The molecule has 4 rings (SSSR count). The summed E-state index contributed by atoms with van der Waals surface area (Å²) in [6, 6.07) is 11.1. The van der Waals surface area contributed by atoms with Gasteiger partial charge in [0.1, 0.15) is 6.07 Å². The van der Waals surface area contributed by atoms with Crippen LogP contribution in [0.1, 0.15) is 36.1 Å². The van der Waals surface area contributed by atoms with E-state index in [1.54, 1.807) is 18.2 Å². The van der Waals surface area contributed by atoms with Crippen molar-refractivity contribution in [1.29, 1.82) is 5.26 Å². The third kappa shape index (κ3) is 4.16. The molecule has 0 bridgehead atoms. The van der Waals surface area contributed by atoms with E-state index in [0.717, 1.165) is 36.4 Å². The van der Waals surface area contributed by atoms with E-state index in [0.29, 0.717) is 29.5 Å². The third-order valence-corrected chi connectivity index (χ3v) is 5.63. The van der Waals surface area contributed by atoms with Gasteiger partial charge in [0.25, 0.3) is 0 Å². The van der Waals surface area contributed by atoms with Gasteiger partial charge in [0.15, 0.2) is 11.5 Å². The topological polar surface area (TPSA) is 74.6 Å². The summed E-state index contributed by atoms with van der Waals surface area (Å²) in [6.45, 7) is 4.40. The van der Waals surface area contributed by atoms with E-state index in [4.69, 9.17) is 21.1 Å². The standard InChI is InChI=1S/C22H22ClN3O3/c1-14-18-11-21-20(28-7-2-8-29-21)9-15(18)5-6-26(14)13-22(27)25-19-10-17(23)4-3-16(19)12-24/h3-4,9-11,14H,2,5-8,13H2,1H3,(H,25,27)/t14-/m0/s1. The van der Waals surface area contributed by atoms with Gasteiger partial charge in [0.05, 0.1) is 31.0 Å². The summed E-state index contributed by atoms with van der Waals surface area (Å²) >= 11 is 6.00. The predicted molar refractivity (Wildman–Crippen MR) is 111 cm³/mol. The molecule has 2 heterocycles. The average molecular weight is 412 g/mol. The van der Waals surface area contributed by atoms with Gasteiger partial charge in [-0.2, -0.15) is 5.26 Å². The number of nitrogens with one attached hydrogen (secondary N) is 1. The molecule has 2 aliphatic rings. The molecule has 1 atom stereocenters. The SMILES string of the molecule is C[C@H]1c2cc3c(cc2CCN1CC(=O)Nc1cc(Cl)ccc1C#N)OCCCO3. The number of anilines is 1. The lowest BCUT2D eigenvalue weighted by Gasteiger charge is -2.35. The first-order chi connectivity index (χ1) is 14.0. The van der Waals surface area contributed by atoms with Crippen LogP contribution in [0.3, 0.4) is 0 Å². The molecule has 0 radical (unpaired) electrons. The summed E-state index contributed by atoms with van der Waals surface area (Å²) in [5.74, 6) is 1.41. The number of hydrogen-bond acceptors (Lipinski definition) is 5. The lowest BCUT2D eigenvalue weighted by atomic mass is 9.93. The minimum atomic E-state index is -0.173. The molecule has 0 saturated heterocycles. The van der Waals surface area contributed by atoms with Crippen molar-refractivity contribution in [2.24, 2.45) is 0 Å². The summed E-state index contributed by atoms with van der Waals surface area (Å²) in [5.41, 5.74) is 3.22.